The van der Waals surface area contributed by atoms with E-state index in [1.165, 1.54) is 0 Å². The van der Waals surface area contributed by atoms with E-state index in [-0.39, 0.29) is 28.3 Å². The van der Waals surface area contributed by atoms with E-state index >= 15 is 0 Å². The van der Waals surface area contributed by atoms with E-state index in [1.807, 2.05) is 25.1 Å². The minimum Gasteiger partial charge on any atom is -0.490 e. The van der Waals surface area contributed by atoms with Gasteiger partial charge in [0.25, 0.3) is 0 Å². The minimum atomic E-state index is -0.372. The highest BCUT2D eigenvalue weighted by molar-refractivity contribution is 6.06. The van der Waals surface area contributed by atoms with Gasteiger partial charge in [0.05, 0.1) is 6.61 Å². The zero-order chi connectivity index (χ0) is 26.3. The molecule has 0 atom stereocenters. The van der Waals surface area contributed by atoms with Crippen LogP contribution in [0.25, 0.3) is 0 Å². The van der Waals surface area contributed by atoms with Crippen LogP contribution in [0.3, 0.4) is 0 Å². The van der Waals surface area contributed by atoms with Crippen molar-refractivity contribution in [3.8, 4) is 11.5 Å². The van der Waals surface area contributed by atoms with E-state index in [4.69, 9.17) is 9.47 Å². The minimum absolute atomic E-state index is 0.114. The molecule has 1 heterocycles. The summed E-state index contributed by atoms with van der Waals surface area (Å²) < 4.78 is 11.8. The Bertz CT molecular complexity index is 1080. The van der Waals surface area contributed by atoms with Crippen LogP contribution in [0.2, 0.25) is 0 Å². The number of hydrogen-bond donors (Lipinski definition) is 0. The predicted molar refractivity (Wildman–Crippen MR) is 143 cm³/mol. The van der Waals surface area contributed by atoms with E-state index in [1.54, 1.807) is 6.08 Å². The van der Waals surface area contributed by atoms with Crippen molar-refractivity contribution in [3.63, 3.8) is 0 Å². The first-order valence-corrected chi connectivity index (χ1v) is 13.3. The SMILES string of the molecule is C=CCOc1ccc(C2C3=C(CC(C)(C)CC3=O)N(CCC)C3=C2C(=O)CC(C)(C)C3)cc1OCC. The van der Waals surface area contributed by atoms with Gasteiger partial charge in [-0.15, -0.1) is 0 Å². The molecule has 1 aliphatic heterocycles. The van der Waals surface area contributed by atoms with E-state index in [0.717, 1.165) is 53.9 Å². The monoisotopic (exact) mass is 491 g/mol. The van der Waals surface area contributed by atoms with Crippen LogP contribution in [-0.2, 0) is 9.59 Å². The maximum absolute atomic E-state index is 13.8. The smallest absolute Gasteiger partial charge is 0.162 e. The molecule has 0 aromatic heterocycles. The van der Waals surface area contributed by atoms with Crippen LogP contribution in [0.1, 0.15) is 85.1 Å². The Balaban J connectivity index is 1.95. The van der Waals surface area contributed by atoms with Crippen molar-refractivity contribution in [1.82, 2.24) is 4.90 Å². The highest BCUT2D eigenvalue weighted by Crippen LogP contribution is 2.54. The van der Waals surface area contributed by atoms with Crippen molar-refractivity contribution in [2.75, 3.05) is 19.8 Å². The van der Waals surface area contributed by atoms with E-state index in [2.05, 4.69) is 46.1 Å². The number of ketones is 2. The molecule has 0 N–H and O–H groups in total. The van der Waals surface area contributed by atoms with Crippen molar-refractivity contribution in [3.05, 3.63) is 59.0 Å². The molecule has 3 aliphatic rings. The molecule has 0 saturated carbocycles. The molecule has 1 aromatic rings. The molecule has 0 bridgehead atoms. The van der Waals surface area contributed by atoms with E-state index in [9.17, 15) is 9.59 Å². The standard InChI is InChI=1S/C31H41NO4/c1-8-13-32-21-16-30(4,5)18-23(33)28(21)27(29-22(32)17-31(6,7)19-24(29)34)20-11-12-25(36-14-9-2)26(15-20)35-10-3/h9,11-12,15,27H,2,8,10,13-14,16-19H2,1,3-7H3. The fourth-order valence-corrected chi connectivity index (χ4v) is 6.12. The Kier molecular flexibility index (Phi) is 7.23. The van der Waals surface area contributed by atoms with Gasteiger partial charge in [0.2, 0.25) is 0 Å². The quantitative estimate of drug-likeness (QED) is 0.377. The topological polar surface area (TPSA) is 55.8 Å². The fourth-order valence-electron chi connectivity index (χ4n) is 6.12. The third kappa shape index (κ3) is 4.89. The van der Waals surface area contributed by atoms with Gasteiger partial charge < -0.3 is 14.4 Å². The number of benzene rings is 1. The zero-order valence-electron chi connectivity index (χ0n) is 22.8. The first-order chi connectivity index (χ1) is 17.0. The van der Waals surface area contributed by atoms with Gasteiger partial charge in [-0.1, -0.05) is 53.3 Å². The number of carbonyl (C=O) groups excluding carboxylic acids is 2. The van der Waals surface area contributed by atoms with Crippen molar-refractivity contribution in [2.24, 2.45) is 10.8 Å². The molecule has 0 amide bonds. The maximum Gasteiger partial charge on any atom is 0.162 e. The summed E-state index contributed by atoms with van der Waals surface area (Å²) in [5.74, 6) is 1.20. The molecule has 4 rings (SSSR count). The largest absolute Gasteiger partial charge is 0.490 e. The van der Waals surface area contributed by atoms with Crippen LogP contribution < -0.4 is 9.47 Å². The molecule has 2 aliphatic carbocycles. The van der Waals surface area contributed by atoms with E-state index < -0.39 is 0 Å². The maximum atomic E-state index is 13.8. The molecular weight excluding hydrogens is 450 g/mol. The zero-order valence-corrected chi connectivity index (χ0v) is 22.8. The molecule has 1 aromatic carbocycles. The molecule has 5 nitrogen and oxygen atoms in total. The Hall–Kier alpha value is -2.82. The summed E-state index contributed by atoms with van der Waals surface area (Å²) in [6.07, 6.45) is 5.29. The summed E-state index contributed by atoms with van der Waals surface area (Å²) in [7, 11) is 0. The van der Waals surface area contributed by atoms with Gasteiger partial charge in [-0.3, -0.25) is 9.59 Å². The molecule has 36 heavy (non-hydrogen) atoms. The summed E-state index contributed by atoms with van der Waals surface area (Å²) in [5, 5.41) is 0. The number of Topliss-reactive ketones (excluding diaryl/α,β-unsaturated/α-hetero) is 2. The van der Waals surface area contributed by atoms with Crippen LogP contribution in [0, 0.1) is 10.8 Å². The van der Waals surface area contributed by atoms with Crippen LogP contribution in [0.5, 0.6) is 11.5 Å². The average Bonchev–Trinajstić information content (AvgIpc) is 2.78. The Morgan fingerprint density at radius 3 is 2.00 bits per heavy atom. The summed E-state index contributed by atoms with van der Waals surface area (Å²) in [5.41, 5.74) is 4.51. The van der Waals surface area contributed by atoms with E-state index in [0.29, 0.717) is 37.6 Å². The molecule has 0 fully saturated rings. The Labute approximate surface area is 216 Å². The second kappa shape index (κ2) is 9.91. The van der Waals surface area contributed by atoms with Gasteiger partial charge in [0, 0.05) is 47.8 Å². The second-order valence-corrected chi connectivity index (χ2v) is 11.9. The third-order valence-electron chi connectivity index (χ3n) is 7.43. The third-order valence-corrected chi connectivity index (χ3v) is 7.43. The lowest BCUT2D eigenvalue weighted by atomic mass is 9.63. The lowest BCUT2D eigenvalue weighted by molar-refractivity contribution is -0.119. The Morgan fingerprint density at radius 1 is 0.917 bits per heavy atom. The first-order valence-electron chi connectivity index (χ1n) is 13.3. The van der Waals surface area contributed by atoms with Crippen molar-refractivity contribution in [1.29, 1.82) is 0 Å². The normalized spacial score (nSPS) is 21.3. The lowest BCUT2D eigenvalue weighted by Gasteiger charge is -2.49. The average molecular weight is 492 g/mol. The molecule has 194 valence electrons. The molecule has 0 saturated heterocycles. The molecule has 0 spiro atoms. The van der Waals surface area contributed by atoms with Gasteiger partial charge >= 0.3 is 0 Å². The van der Waals surface area contributed by atoms with Crippen LogP contribution >= 0.6 is 0 Å². The number of carbonyl (C=O) groups is 2. The molecule has 5 heteroatoms. The fraction of sp³-hybridized carbons (Fsp3) is 0.548. The number of ether oxygens (including phenoxy) is 2. The van der Waals surface area contributed by atoms with Crippen molar-refractivity contribution in [2.45, 2.75) is 79.6 Å². The van der Waals surface area contributed by atoms with Gasteiger partial charge in [-0.2, -0.15) is 0 Å². The summed E-state index contributed by atoms with van der Waals surface area (Å²) in [6, 6.07) is 5.87. The highest BCUT2D eigenvalue weighted by Gasteiger charge is 2.48. The highest BCUT2D eigenvalue weighted by atomic mass is 16.5. The summed E-state index contributed by atoms with van der Waals surface area (Å²) >= 11 is 0. The second-order valence-electron chi connectivity index (χ2n) is 11.9. The molecular formula is C31H41NO4. The van der Waals surface area contributed by atoms with Crippen LogP contribution in [0.15, 0.2) is 53.4 Å². The summed E-state index contributed by atoms with van der Waals surface area (Å²) in [4.78, 5) is 30.0. The van der Waals surface area contributed by atoms with Gasteiger partial charge in [0.15, 0.2) is 23.1 Å². The van der Waals surface area contributed by atoms with Gasteiger partial charge in [-0.05, 0) is 54.7 Å². The van der Waals surface area contributed by atoms with Crippen molar-refractivity contribution < 1.29 is 19.1 Å². The number of hydrogen-bond acceptors (Lipinski definition) is 5. The molecule has 0 radical (unpaired) electrons. The number of nitrogens with zero attached hydrogens (tertiary/aromatic N) is 1. The Morgan fingerprint density at radius 2 is 1.50 bits per heavy atom. The van der Waals surface area contributed by atoms with Gasteiger partial charge in [0.1, 0.15) is 6.61 Å². The van der Waals surface area contributed by atoms with Crippen LogP contribution in [0.4, 0.5) is 0 Å². The lowest BCUT2D eigenvalue weighted by Crippen LogP contribution is -2.44. The van der Waals surface area contributed by atoms with Crippen LogP contribution in [-0.4, -0.2) is 36.2 Å². The summed E-state index contributed by atoms with van der Waals surface area (Å²) in [6.45, 7) is 18.2. The first kappa shape index (κ1) is 26.2. The predicted octanol–water partition coefficient (Wildman–Crippen LogP) is 6.75. The van der Waals surface area contributed by atoms with Crippen molar-refractivity contribution >= 4 is 11.6 Å². The number of allylic oxidation sites excluding steroid dienone is 4. The van der Waals surface area contributed by atoms with Gasteiger partial charge in [-0.25, -0.2) is 0 Å². The number of rotatable bonds is 8. The molecule has 0 unspecified atom stereocenters.